The predicted octanol–water partition coefficient (Wildman–Crippen LogP) is 3.08. The van der Waals surface area contributed by atoms with E-state index in [0.29, 0.717) is 12.6 Å². The summed E-state index contributed by atoms with van der Waals surface area (Å²) in [5.41, 5.74) is 5.93. The van der Waals surface area contributed by atoms with E-state index >= 15 is 0 Å². The third kappa shape index (κ3) is 2.95. The van der Waals surface area contributed by atoms with Crippen molar-refractivity contribution in [3.8, 4) is 0 Å². The van der Waals surface area contributed by atoms with Crippen LogP contribution < -0.4 is 11.1 Å². The molecular weight excluding hydrogens is 240 g/mol. The highest BCUT2D eigenvalue weighted by molar-refractivity contribution is 7.12. The molecule has 0 radical (unpaired) electrons. The van der Waals surface area contributed by atoms with Crippen LogP contribution in [0.1, 0.15) is 41.5 Å². The van der Waals surface area contributed by atoms with Gasteiger partial charge in [0.25, 0.3) is 0 Å². The fraction of sp³-hybridized carbons (Fsp3) is 0.733. The van der Waals surface area contributed by atoms with Gasteiger partial charge in [-0.1, -0.05) is 0 Å². The highest BCUT2D eigenvalue weighted by Gasteiger charge is 2.41. The van der Waals surface area contributed by atoms with Crippen LogP contribution >= 0.6 is 11.3 Å². The fourth-order valence-corrected chi connectivity index (χ4v) is 3.95. The summed E-state index contributed by atoms with van der Waals surface area (Å²) in [7, 11) is 0. The number of rotatable bonds is 7. The topological polar surface area (TPSA) is 38.0 Å². The molecule has 2 saturated carbocycles. The van der Waals surface area contributed by atoms with E-state index in [1.165, 1.54) is 42.0 Å². The van der Waals surface area contributed by atoms with Gasteiger partial charge in [0.2, 0.25) is 0 Å². The van der Waals surface area contributed by atoms with Crippen molar-refractivity contribution in [1.82, 2.24) is 5.32 Å². The van der Waals surface area contributed by atoms with Crippen LogP contribution in [0.5, 0.6) is 0 Å². The monoisotopic (exact) mass is 264 g/mol. The Morgan fingerprint density at radius 2 is 1.94 bits per heavy atom. The van der Waals surface area contributed by atoms with Gasteiger partial charge in [-0.15, -0.1) is 11.3 Å². The maximum absolute atomic E-state index is 5.93. The molecule has 1 atom stereocenters. The molecule has 0 aromatic carbocycles. The maximum Gasteiger partial charge on any atom is 0.0539 e. The first-order valence-electron chi connectivity index (χ1n) is 7.27. The zero-order valence-corrected chi connectivity index (χ0v) is 12.0. The Labute approximate surface area is 114 Å². The summed E-state index contributed by atoms with van der Waals surface area (Å²) < 4.78 is 0. The second-order valence-corrected chi connectivity index (χ2v) is 7.30. The molecule has 1 unspecified atom stereocenters. The smallest absolute Gasteiger partial charge is 0.0539 e. The second kappa shape index (κ2) is 5.32. The largest absolute Gasteiger partial charge is 0.329 e. The van der Waals surface area contributed by atoms with Crippen LogP contribution in [0.3, 0.4) is 0 Å². The zero-order chi connectivity index (χ0) is 12.5. The molecule has 2 nitrogen and oxygen atoms in total. The number of nitrogens with two attached hydrogens (primary N) is 1. The quantitative estimate of drug-likeness (QED) is 0.794. The van der Waals surface area contributed by atoms with Gasteiger partial charge in [0.15, 0.2) is 0 Å². The molecular formula is C15H24N2S. The SMILES string of the molecule is Cc1ccc(C(CN)NCC(C2CC2)C2CC2)s1. The van der Waals surface area contributed by atoms with E-state index in [2.05, 4.69) is 24.4 Å². The Morgan fingerprint density at radius 1 is 1.28 bits per heavy atom. The number of hydrogen-bond acceptors (Lipinski definition) is 3. The lowest BCUT2D eigenvalue weighted by Crippen LogP contribution is -2.33. The molecule has 3 heteroatoms. The number of hydrogen-bond donors (Lipinski definition) is 2. The second-order valence-electron chi connectivity index (χ2n) is 5.98. The molecule has 18 heavy (non-hydrogen) atoms. The third-order valence-electron chi connectivity index (χ3n) is 4.40. The fourth-order valence-electron chi connectivity index (χ4n) is 2.99. The Balaban J connectivity index is 1.56. The van der Waals surface area contributed by atoms with Gasteiger partial charge >= 0.3 is 0 Å². The first kappa shape index (κ1) is 12.6. The summed E-state index contributed by atoms with van der Waals surface area (Å²) in [5.74, 6) is 2.97. The molecule has 3 N–H and O–H groups in total. The van der Waals surface area contributed by atoms with Crippen LogP contribution in [0.2, 0.25) is 0 Å². The van der Waals surface area contributed by atoms with E-state index in [-0.39, 0.29) is 0 Å². The van der Waals surface area contributed by atoms with Gasteiger partial charge in [0.05, 0.1) is 6.04 Å². The minimum absolute atomic E-state index is 0.365. The minimum atomic E-state index is 0.365. The van der Waals surface area contributed by atoms with Crippen molar-refractivity contribution < 1.29 is 0 Å². The summed E-state index contributed by atoms with van der Waals surface area (Å²) in [4.78, 5) is 2.78. The minimum Gasteiger partial charge on any atom is -0.329 e. The average molecular weight is 264 g/mol. The Bertz CT molecular complexity index is 381. The molecule has 100 valence electrons. The van der Waals surface area contributed by atoms with Gasteiger partial charge in [0, 0.05) is 16.3 Å². The van der Waals surface area contributed by atoms with Gasteiger partial charge in [-0.05, 0) is 69.0 Å². The van der Waals surface area contributed by atoms with Gasteiger partial charge in [-0.2, -0.15) is 0 Å². The van der Waals surface area contributed by atoms with Crippen molar-refractivity contribution in [2.24, 2.45) is 23.5 Å². The summed E-state index contributed by atoms with van der Waals surface area (Å²) in [5, 5.41) is 3.73. The summed E-state index contributed by atoms with van der Waals surface area (Å²) in [6.45, 7) is 4.05. The zero-order valence-electron chi connectivity index (χ0n) is 11.2. The van der Waals surface area contributed by atoms with E-state index in [1.54, 1.807) is 0 Å². The molecule has 2 aliphatic carbocycles. The Kier molecular flexibility index (Phi) is 3.73. The summed E-state index contributed by atoms with van der Waals surface area (Å²) in [6, 6.07) is 4.79. The van der Waals surface area contributed by atoms with Crippen molar-refractivity contribution in [3.63, 3.8) is 0 Å². The number of aryl methyl sites for hydroxylation is 1. The highest BCUT2D eigenvalue weighted by atomic mass is 32.1. The van der Waals surface area contributed by atoms with Crippen molar-refractivity contribution >= 4 is 11.3 Å². The maximum atomic E-state index is 5.93. The molecule has 0 aliphatic heterocycles. The van der Waals surface area contributed by atoms with E-state index in [1.807, 2.05) is 11.3 Å². The molecule has 3 rings (SSSR count). The van der Waals surface area contributed by atoms with Gasteiger partial charge < -0.3 is 11.1 Å². The standard InChI is InChI=1S/C15H24N2S/c1-10-2-7-15(18-10)14(8-16)17-9-13(11-3-4-11)12-5-6-12/h2,7,11-14,17H,3-6,8-9,16H2,1H3. The molecule has 2 aliphatic rings. The predicted molar refractivity (Wildman–Crippen MR) is 77.8 cm³/mol. The lowest BCUT2D eigenvalue weighted by Gasteiger charge is -2.21. The van der Waals surface area contributed by atoms with E-state index < -0.39 is 0 Å². The van der Waals surface area contributed by atoms with Crippen LogP contribution in [-0.2, 0) is 0 Å². The van der Waals surface area contributed by atoms with Gasteiger partial charge in [0.1, 0.15) is 0 Å². The van der Waals surface area contributed by atoms with Crippen molar-refractivity contribution in [2.75, 3.05) is 13.1 Å². The van der Waals surface area contributed by atoms with E-state index in [0.717, 1.165) is 17.8 Å². The highest BCUT2D eigenvalue weighted by Crippen LogP contribution is 2.49. The molecule has 1 aromatic rings. The average Bonchev–Trinajstić information content (AvgIpc) is 3.26. The summed E-state index contributed by atoms with van der Waals surface area (Å²) >= 11 is 1.88. The van der Waals surface area contributed by atoms with Gasteiger partial charge in [-0.25, -0.2) is 0 Å². The molecule has 0 amide bonds. The lowest BCUT2D eigenvalue weighted by molar-refractivity contribution is 0.359. The Morgan fingerprint density at radius 3 is 2.39 bits per heavy atom. The van der Waals surface area contributed by atoms with E-state index in [4.69, 9.17) is 5.73 Å². The normalized spacial score (nSPS) is 21.5. The van der Waals surface area contributed by atoms with Crippen LogP contribution in [0.25, 0.3) is 0 Å². The van der Waals surface area contributed by atoms with Crippen LogP contribution in [-0.4, -0.2) is 13.1 Å². The number of thiophene rings is 1. The van der Waals surface area contributed by atoms with Crippen molar-refractivity contribution in [1.29, 1.82) is 0 Å². The molecule has 1 aromatic heterocycles. The van der Waals surface area contributed by atoms with Crippen LogP contribution in [0.4, 0.5) is 0 Å². The Hall–Kier alpha value is -0.380. The van der Waals surface area contributed by atoms with Crippen molar-refractivity contribution in [2.45, 2.75) is 38.6 Å². The van der Waals surface area contributed by atoms with Crippen molar-refractivity contribution in [3.05, 3.63) is 21.9 Å². The molecule has 0 saturated heterocycles. The first-order chi connectivity index (χ1) is 8.78. The third-order valence-corrected chi connectivity index (χ3v) is 5.51. The molecule has 0 bridgehead atoms. The summed E-state index contributed by atoms with van der Waals surface area (Å²) in [6.07, 6.45) is 5.87. The van der Waals surface area contributed by atoms with E-state index in [9.17, 15) is 0 Å². The molecule has 2 fully saturated rings. The lowest BCUT2D eigenvalue weighted by atomic mass is 9.97. The first-order valence-corrected chi connectivity index (χ1v) is 8.09. The molecule has 1 heterocycles. The number of nitrogens with one attached hydrogen (secondary N) is 1. The molecule has 0 spiro atoms. The van der Waals surface area contributed by atoms with Gasteiger partial charge in [-0.3, -0.25) is 0 Å². The van der Waals surface area contributed by atoms with Crippen LogP contribution in [0, 0.1) is 24.7 Å². The van der Waals surface area contributed by atoms with Crippen LogP contribution in [0.15, 0.2) is 12.1 Å².